The lowest BCUT2D eigenvalue weighted by atomic mass is 10.1. The minimum Gasteiger partial charge on any atom is -0.452 e. The molecule has 2 heterocycles. The zero-order chi connectivity index (χ0) is 9.26. The van der Waals surface area contributed by atoms with E-state index in [1.54, 1.807) is 0 Å². The molecule has 2 rings (SSSR count). The molecular formula is C9H12BrNO2. The van der Waals surface area contributed by atoms with Crippen LogP contribution in [-0.2, 0) is 4.74 Å². The zero-order valence-corrected chi connectivity index (χ0v) is 9.06. The maximum absolute atomic E-state index is 5.53. The number of hydrogen-bond donors (Lipinski definition) is 1. The van der Waals surface area contributed by atoms with Gasteiger partial charge in [-0.15, -0.1) is 0 Å². The first kappa shape index (κ1) is 9.24. The van der Waals surface area contributed by atoms with E-state index in [-0.39, 0.29) is 6.04 Å². The van der Waals surface area contributed by atoms with Gasteiger partial charge in [-0.25, -0.2) is 0 Å². The molecule has 72 valence electrons. The van der Waals surface area contributed by atoms with Crippen molar-refractivity contribution in [2.45, 2.75) is 13.0 Å². The first-order chi connectivity index (χ1) is 6.27. The summed E-state index contributed by atoms with van der Waals surface area (Å²) in [6.07, 6.45) is 0. The van der Waals surface area contributed by atoms with Crippen LogP contribution in [0.5, 0.6) is 0 Å². The molecule has 1 fully saturated rings. The molecule has 0 radical (unpaired) electrons. The SMILES string of the molecule is Cc1cc(Br)oc1C1COCCN1. The van der Waals surface area contributed by atoms with E-state index in [2.05, 4.69) is 21.2 Å². The van der Waals surface area contributed by atoms with E-state index in [9.17, 15) is 0 Å². The molecular weight excluding hydrogens is 234 g/mol. The van der Waals surface area contributed by atoms with Crippen molar-refractivity contribution in [2.75, 3.05) is 19.8 Å². The first-order valence-electron chi connectivity index (χ1n) is 4.34. The molecule has 1 unspecified atom stereocenters. The average Bonchev–Trinajstić information content (AvgIpc) is 2.47. The summed E-state index contributed by atoms with van der Waals surface area (Å²) in [7, 11) is 0. The van der Waals surface area contributed by atoms with Gasteiger partial charge in [-0.1, -0.05) is 0 Å². The van der Waals surface area contributed by atoms with Crippen LogP contribution in [0.3, 0.4) is 0 Å². The second-order valence-corrected chi connectivity index (χ2v) is 3.96. The van der Waals surface area contributed by atoms with Crippen LogP contribution < -0.4 is 5.32 Å². The summed E-state index contributed by atoms with van der Waals surface area (Å²) in [4.78, 5) is 0. The van der Waals surface area contributed by atoms with Gasteiger partial charge in [0.2, 0.25) is 0 Å². The molecule has 1 aromatic rings. The van der Waals surface area contributed by atoms with Crippen molar-refractivity contribution >= 4 is 15.9 Å². The van der Waals surface area contributed by atoms with E-state index in [4.69, 9.17) is 9.15 Å². The van der Waals surface area contributed by atoms with Crippen LogP contribution in [0.25, 0.3) is 0 Å². The van der Waals surface area contributed by atoms with Crippen molar-refractivity contribution in [1.82, 2.24) is 5.32 Å². The second-order valence-electron chi connectivity index (χ2n) is 3.18. The highest BCUT2D eigenvalue weighted by molar-refractivity contribution is 9.10. The third kappa shape index (κ3) is 1.95. The molecule has 1 aliphatic rings. The number of halogens is 1. The Labute approximate surface area is 85.6 Å². The van der Waals surface area contributed by atoms with Crippen molar-refractivity contribution in [3.8, 4) is 0 Å². The monoisotopic (exact) mass is 245 g/mol. The predicted molar refractivity (Wildman–Crippen MR) is 52.7 cm³/mol. The standard InChI is InChI=1S/C9H12BrNO2/c1-6-4-8(10)13-9(6)7-5-12-3-2-11-7/h4,7,11H,2-3,5H2,1H3. The van der Waals surface area contributed by atoms with E-state index in [0.717, 1.165) is 29.1 Å². The average molecular weight is 246 g/mol. The summed E-state index contributed by atoms with van der Waals surface area (Å²) < 4.78 is 11.7. The van der Waals surface area contributed by atoms with Crippen LogP contribution in [0.2, 0.25) is 0 Å². The second kappa shape index (κ2) is 3.82. The van der Waals surface area contributed by atoms with Gasteiger partial charge in [-0.3, -0.25) is 0 Å². The van der Waals surface area contributed by atoms with Gasteiger partial charge in [0, 0.05) is 6.54 Å². The Bertz CT molecular complexity index is 292. The fraction of sp³-hybridized carbons (Fsp3) is 0.556. The molecule has 1 aliphatic heterocycles. The molecule has 0 bridgehead atoms. The predicted octanol–water partition coefficient (Wildman–Crippen LogP) is 2.01. The number of furan rings is 1. The Balaban J connectivity index is 2.18. The topological polar surface area (TPSA) is 34.4 Å². The molecule has 1 N–H and O–H groups in total. The summed E-state index contributed by atoms with van der Waals surface area (Å²) in [5, 5.41) is 3.35. The Kier molecular flexibility index (Phi) is 2.71. The Morgan fingerprint density at radius 3 is 3.00 bits per heavy atom. The van der Waals surface area contributed by atoms with Gasteiger partial charge in [-0.2, -0.15) is 0 Å². The highest BCUT2D eigenvalue weighted by atomic mass is 79.9. The van der Waals surface area contributed by atoms with Crippen LogP contribution in [-0.4, -0.2) is 19.8 Å². The Morgan fingerprint density at radius 2 is 2.46 bits per heavy atom. The molecule has 1 aromatic heterocycles. The molecule has 1 atom stereocenters. The van der Waals surface area contributed by atoms with E-state index >= 15 is 0 Å². The van der Waals surface area contributed by atoms with Crippen molar-refractivity contribution in [2.24, 2.45) is 0 Å². The number of hydrogen-bond acceptors (Lipinski definition) is 3. The summed E-state index contributed by atoms with van der Waals surface area (Å²) in [6, 6.07) is 2.19. The summed E-state index contributed by atoms with van der Waals surface area (Å²) >= 11 is 3.31. The quantitative estimate of drug-likeness (QED) is 0.823. The molecule has 1 saturated heterocycles. The lowest BCUT2D eigenvalue weighted by Gasteiger charge is -2.22. The summed E-state index contributed by atoms with van der Waals surface area (Å²) in [5.41, 5.74) is 1.16. The zero-order valence-electron chi connectivity index (χ0n) is 7.47. The molecule has 0 spiro atoms. The van der Waals surface area contributed by atoms with Crippen molar-refractivity contribution in [3.63, 3.8) is 0 Å². The minimum atomic E-state index is 0.208. The van der Waals surface area contributed by atoms with Gasteiger partial charge in [0.1, 0.15) is 5.76 Å². The fourth-order valence-corrected chi connectivity index (χ4v) is 2.05. The number of nitrogens with one attached hydrogen (secondary N) is 1. The van der Waals surface area contributed by atoms with E-state index in [1.807, 2.05) is 13.0 Å². The fourth-order valence-electron chi connectivity index (χ4n) is 1.54. The van der Waals surface area contributed by atoms with Crippen LogP contribution in [0.4, 0.5) is 0 Å². The maximum Gasteiger partial charge on any atom is 0.169 e. The normalized spacial score (nSPS) is 23.4. The molecule has 0 saturated carbocycles. The minimum absolute atomic E-state index is 0.208. The highest BCUT2D eigenvalue weighted by Crippen LogP contribution is 2.26. The van der Waals surface area contributed by atoms with E-state index in [1.165, 1.54) is 0 Å². The largest absolute Gasteiger partial charge is 0.452 e. The van der Waals surface area contributed by atoms with E-state index < -0.39 is 0 Å². The Morgan fingerprint density at radius 1 is 1.62 bits per heavy atom. The smallest absolute Gasteiger partial charge is 0.169 e. The maximum atomic E-state index is 5.53. The molecule has 13 heavy (non-hydrogen) atoms. The number of morpholine rings is 1. The molecule has 0 aromatic carbocycles. The lowest BCUT2D eigenvalue weighted by molar-refractivity contribution is 0.0693. The molecule has 4 heteroatoms. The number of ether oxygens (including phenoxy) is 1. The van der Waals surface area contributed by atoms with Crippen molar-refractivity contribution in [1.29, 1.82) is 0 Å². The van der Waals surface area contributed by atoms with Gasteiger partial charge in [0.25, 0.3) is 0 Å². The van der Waals surface area contributed by atoms with Gasteiger partial charge < -0.3 is 14.5 Å². The van der Waals surface area contributed by atoms with Crippen LogP contribution in [0.1, 0.15) is 17.4 Å². The van der Waals surface area contributed by atoms with Crippen LogP contribution in [0, 0.1) is 6.92 Å². The number of rotatable bonds is 1. The lowest BCUT2D eigenvalue weighted by Crippen LogP contribution is -2.34. The molecule has 0 aliphatic carbocycles. The van der Waals surface area contributed by atoms with Crippen LogP contribution >= 0.6 is 15.9 Å². The van der Waals surface area contributed by atoms with Crippen molar-refractivity contribution in [3.05, 3.63) is 22.1 Å². The summed E-state index contributed by atoms with van der Waals surface area (Å²) in [5.74, 6) is 0.978. The van der Waals surface area contributed by atoms with Gasteiger partial charge >= 0.3 is 0 Å². The van der Waals surface area contributed by atoms with E-state index in [0.29, 0.717) is 6.61 Å². The van der Waals surface area contributed by atoms with Crippen molar-refractivity contribution < 1.29 is 9.15 Å². The first-order valence-corrected chi connectivity index (χ1v) is 5.13. The third-order valence-corrected chi connectivity index (χ3v) is 2.56. The van der Waals surface area contributed by atoms with Gasteiger partial charge in [-0.05, 0) is 34.5 Å². The molecule has 0 amide bonds. The number of aryl methyl sites for hydroxylation is 1. The van der Waals surface area contributed by atoms with Gasteiger partial charge in [0.05, 0.1) is 19.3 Å². The Hall–Kier alpha value is -0.320. The molecule has 3 nitrogen and oxygen atoms in total. The highest BCUT2D eigenvalue weighted by Gasteiger charge is 2.20. The summed E-state index contributed by atoms with van der Waals surface area (Å²) in [6.45, 7) is 4.42. The van der Waals surface area contributed by atoms with Gasteiger partial charge in [0.15, 0.2) is 4.67 Å². The van der Waals surface area contributed by atoms with Crippen LogP contribution in [0.15, 0.2) is 15.2 Å². The third-order valence-electron chi connectivity index (χ3n) is 2.16.